The molecular formula is C15H32N4O3S. The molecule has 1 fully saturated rings. The third-order valence-corrected chi connectivity index (χ3v) is 5.96. The fourth-order valence-corrected chi connectivity index (χ4v) is 4.05. The van der Waals surface area contributed by atoms with Crippen LogP contribution < -0.4 is 5.32 Å². The molecule has 1 N–H and O–H groups in total. The van der Waals surface area contributed by atoms with Gasteiger partial charge in [-0.2, -0.15) is 0 Å². The zero-order valence-corrected chi connectivity index (χ0v) is 15.7. The lowest BCUT2D eigenvalue weighted by molar-refractivity contribution is 0.181. The van der Waals surface area contributed by atoms with Gasteiger partial charge >= 0.3 is 0 Å². The average molecular weight is 349 g/mol. The maximum Gasteiger partial charge on any atom is 0.215 e. The highest BCUT2D eigenvalue weighted by Gasteiger charge is 2.20. The molecule has 0 aromatic heterocycles. The molecule has 1 rings (SSSR count). The molecule has 7 nitrogen and oxygen atoms in total. The summed E-state index contributed by atoms with van der Waals surface area (Å²) >= 11 is 0. The van der Waals surface area contributed by atoms with Crippen molar-refractivity contribution in [3.63, 3.8) is 0 Å². The molecule has 0 aromatic rings. The summed E-state index contributed by atoms with van der Waals surface area (Å²) in [5, 5.41) is 3.23. The van der Waals surface area contributed by atoms with Gasteiger partial charge in [0.15, 0.2) is 5.96 Å². The number of sulfonamides is 1. The molecule has 0 spiro atoms. The summed E-state index contributed by atoms with van der Waals surface area (Å²) in [5.41, 5.74) is 0. The van der Waals surface area contributed by atoms with Crippen molar-refractivity contribution in [3.8, 4) is 0 Å². The minimum absolute atomic E-state index is 0.0456. The summed E-state index contributed by atoms with van der Waals surface area (Å²) in [6.45, 7) is 10.2. The summed E-state index contributed by atoms with van der Waals surface area (Å²) < 4.78 is 31.3. The van der Waals surface area contributed by atoms with E-state index in [2.05, 4.69) is 15.2 Å². The molecule has 1 atom stereocenters. The number of rotatable bonds is 9. The molecule has 1 heterocycles. The van der Waals surface area contributed by atoms with Gasteiger partial charge in [-0.15, -0.1) is 0 Å². The Labute approximate surface area is 141 Å². The molecule has 23 heavy (non-hydrogen) atoms. The summed E-state index contributed by atoms with van der Waals surface area (Å²) in [6.07, 6.45) is 1.07. The number of nitrogens with zero attached hydrogens (tertiary/aromatic N) is 3. The molecule has 0 aliphatic carbocycles. The normalized spacial score (nSPS) is 19.3. The van der Waals surface area contributed by atoms with Crippen molar-refractivity contribution >= 4 is 16.0 Å². The molecule has 1 aliphatic heterocycles. The standard InChI is InChI=1S/C15H32N4O3S/c1-5-16-15(18(4)12-14-8-10-22-13-14)17-9-11-23(20,21)19(6-2)7-3/h14H,5-13H2,1-4H3,(H,16,17). The van der Waals surface area contributed by atoms with Crippen molar-refractivity contribution in [2.45, 2.75) is 27.2 Å². The van der Waals surface area contributed by atoms with Crippen LogP contribution in [0.1, 0.15) is 27.2 Å². The van der Waals surface area contributed by atoms with E-state index in [1.807, 2.05) is 27.8 Å². The largest absolute Gasteiger partial charge is 0.381 e. The van der Waals surface area contributed by atoms with Crippen molar-refractivity contribution in [2.75, 3.05) is 58.7 Å². The van der Waals surface area contributed by atoms with E-state index in [0.717, 1.165) is 38.7 Å². The second-order valence-electron chi connectivity index (χ2n) is 5.75. The zero-order chi connectivity index (χ0) is 17.3. The summed E-state index contributed by atoms with van der Waals surface area (Å²) in [6, 6.07) is 0. The van der Waals surface area contributed by atoms with Gasteiger partial charge in [-0.3, -0.25) is 4.99 Å². The van der Waals surface area contributed by atoms with Crippen LogP contribution in [0.3, 0.4) is 0 Å². The van der Waals surface area contributed by atoms with Gasteiger partial charge in [0.05, 0.1) is 18.9 Å². The average Bonchev–Trinajstić information content (AvgIpc) is 3.00. The number of guanidine groups is 1. The fraction of sp³-hybridized carbons (Fsp3) is 0.933. The van der Waals surface area contributed by atoms with Crippen LogP contribution in [0.5, 0.6) is 0 Å². The molecule has 0 amide bonds. The van der Waals surface area contributed by atoms with Crippen LogP contribution >= 0.6 is 0 Å². The Kier molecular flexibility index (Phi) is 8.86. The molecule has 136 valence electrons. The Morgan fingerprint density at radius 1 is 1.30 bits per heavy atom. The molecule has 1 saturated heterocycles. The molecule has 0 saturated carbocycles. The Balaban J connectivity index is 2.59. The predicted molar refractivity (Wildman–Crippen MR) is 94.2 cm³/mol. The Morgan fingerprint density at radius 2 is 2.00 bits per heavy atom. The maximum atomic E-state index is 12.2. The number of aliphatic imine (C=N–C) groups is 1. The van der Waals surface area contributed by atoms with E-state index < -0.39 is 10.0 Å². The van der Waals surface area contributed by atoms with Crippen molar-refractivity contribution < 1.29 is 13.2 Å². The van der Waals surface area contributed by atoms with Gasteiger partial charge in [0.1, 0.15) is 0 Å². The van der Waals surface area contributed by atoms with Crippen molar-refractivity contribution in [2.24, 2.45) is 10.9 Å². The minimum Gasteiger partial charge on any atom is -0.381 e. The van der Waals surface area contributed by atoms with Crippen LogP contribution in [0.15, 0.2) is 4.99 Å². The smallest absolute Gasteiger partial charge is 0.215 e. The Hall–Kier alpha value is -0.860. The van der Waals surface area contributed by atoms with Crippen LogP contribution in [-0.4, -0.2) is 82.3 Å². The summed E-state index contributed by atoms with van der Waals surface area (Å²) in [5.74, 6) is 1.32. The zero-order valence-electron chi connectivity index (χ0n) is 14.9. The van der Waals surface area contributed by atoms with E-state index in [1.54, 1.807) is 0 Å². The lowest BCUT2D eigenvalue weighted by Crippen LogP contribution is -2.42. The molecule has 1 unspecified atom stereocenters. The predicted octanol–water partition coefficient (Wildman–Crippen LogP) is 0.592. The van der Waals surface area contributed by atoms with Crippen LogP contribution in [0, 0.1) is 5.92 Å². The monoisotopic (exact) mass is 348 g/mol. The summed E-state index contributed by atoms with van der Waals surface area (Å²) in [4.78, 5) is 6.54. The molecule has 0 radical (unpaired) electrons. The Morgan fingerprint density at radius 3 is 2.52 bits per heavy atom. The van der Waals surface area contributed by atoms with Gasteiger partial charge in [0.2, 0.25) is 10.0 Å². The number of hydrogen-bond donors (Lipinski definition) is 1. The van der Waals surface area contributed by atoms with Gasteiger partial charge in [-0.25, -0.2) is 12.7 Å². The Bertz CT molecular complexity index is 457. The van der Waals surface area contributed by atoms with Crippen molar-refractivity contribution in [1.82, 2.24) is 14.5 Å². The summed E-state index contributed by atoms with van der Waals surface area (Å²) in [7, 11) is -1.24. The lowest BCUT2D eigenvalue weighted by atomic mass is 10.1. The minimum atomic E-state index is -3.22. The van der Waals surface area contributed by atoms with E-state index in [9.17, 15) is 8.42 Å². The first kappa shape index (κ1) is 20.2. The topological polar surface area (TPSA) is 74.2 Å². The maximum absolute atomic E-state index is 12.2. The van der Waals surface area contributed by atoms with Gasteiger partial charge in [0.25, 0.3) is 0 Å². The van der Waals surface area contributed by atoms with Gasteiger partial charge in [-0.1, -0.05) is 13.8 Å². The van der Waals surface area contributed by atoms with Crippen LogP contribution in [0.25, 0.3) is 0 Å². The third kappa shape index (κ3) is 6.64. The molecule has 8 heteroatoms. The van der Waals surface area contributed by atoms with E-state index in [4.69, 9.17) is 4.74 Å². The van der Waals surface area contributed by atoms with E-state index >= 15 is 0 Å². The third-order valence-electron chi connectivity index (χ3n) is 3.96. The van der Waals surface area contributed by atoms with Crippen LogP contribution in [0.4, 0.5) is 0 Å². The molecule has 0 bridgehead atoms. The number of hydrogen-bond acceptors (Lipinski definition) is 4. The van der Waals surface area contributed by atoms with Gasteiger partial charge < -0.3 is 15.0 Å². The first-order valence-corrected chi connectivity index (χ1v) is 10.1. The SMILES string of the molecule is CCNC(=NCCS(=O)(=O)N(CC)CC)N(C)CC1CCOC1. The highest BCUT2D eigenvalue weighted by molar-refractivity contribution is 7.89. The van der Waals surface area contributed by atoms with E-state index in [1.165, 1.54) is 4.31 Å². The second-order valence-corrected chi connectivity index (χ2v) is 7.83. The fourth-order valence-electron chi connectivity index (χ4n) is 2.68. The molecule has 0 aromatic carbocycles. The van der Waals surface area contributed by atoms with Crippen LogP contribution in [-0.2, 0) is 14.8 Å². The van der Waals surface area contributed by atoms with Crippen molar-refractivity contribution in [3.05, 3.63) is 0 Å². The number of nitrogens with one attached hydrogen (secondary N) is 1. The number of ether oxygens (including phenoxy) is 1. The van der Waals surface area contributed by atoms with Crippen LogP contribution in [0.2, 0.25) is 0 Å². The van der Waals surface area contributed by atoms with E-state index in [0.29, 0.717) is 19.0 Å². The first-order valence-electron chi connectivity index (χ1n) is 8.49. The van der Waals surface area contributed by atoms with Gasteiger partial charge in [-0.05, 0) is 13.3 Å². The second kappa shape index (κ2) is 10.1. The highest BCUT2D eigenvalue weighted by atomic mass is 32.2. The van der Waals surface area contributed by atoms with E-state index in [-0.39, 0.29) is 12.3 Å². The quantitative estimate of drug-likeness (QED) is 0.488. The molecular weight excluding hydrogens is 316 g/mol. The van der Waals surface area contributed by atoms with Crippen molar-refractivity contribution in [1.29, 1.82) is 0 Å². The first-order chi connectivity index (χ1) is 10.9. The van der Waals surface area contributed by atoms with Gasteiger partial charge in [0, 0.05) is 45.8 Å². The lowest BCUT2D eigenvalue weighted by Gasteiger charge is -2.24. The highest BCUT2D eigenvalue weighted by Crippen LogP contribution is 2.13. The molecule has 1 aliphatic rings.